The molecule has 4 rings (SSSR count). The van der Waals surface area contributed by atoms with Crippen molar-refractivity contribution in [3.63, 3.8) is 0 Å². The van der Waals surface area contributed by atoms with Crippen LogP contribution < -0.4 is 10.2 Å². The van der Waals surface area contributed by atoms with Crippen LogP contribution in [0.4, 0.5) is 11.4 Å². The van der Waals surface area contributed by atoms with Crippen molar-refractivity contribution in [2.24, 2.45) is 0 Å². The first-order chi connectivity index (χ1) is 13.2. The maximum absolute atomic E-state index is 12.4. The smallest absolute Gasteiger partial charge is 0.238 e. The van der Waals surface area contributed by atoms with Crippen LogP contribution in [0.25, 0.3) is 0 Å². The van der Waals surface area contributed by atoms with Crippen molar-refractivity contribution in [3.05, 3.63) is 36.0 Å². The topological polar surface area (TPSA) is 74.5 Å². The van der Waals surface area contributed by atoms with Crippen LogP contribution in [0.1, 0.15) is 43.3 Å². The number of aryl methyl sites for hydroxylation is 1. The Morgan fingerprint density at radius 2 is 1.85 bits per heavy atom. The molecule has 1 amide bonds. The summed E-state index contributed by atoms with van der Waals surface area (Å²) in [5.74, 6) is 1.76. The number of amides is 1. The average molecular weight is 369 g/mol. The van der Waals surface area contributed by atoms with Gasteiger partial charge in [0.2, 0.25) is 11.8 Å². The SMILES string of the molecule is Cc1noc(C2CCN(CC(=O)Nc3ccc(N4CCCC4)cc3)CC2)n1. The number of carbonyl (C=O) groups is 1. The predicted molar refractivity (Wildman–Crippen MR) is 104 cm³/mol. The number of nitrogens with one attached hydrogen (secondary N) is 1. The highest BCUT2D eigenvalue weighted by molar-refractivity contribution is 5.92. The molecule has 0 saturated carbocycles. The van der Waals surface area contributed by atoms with Crippen molar-refractivity contribution < 1.29 is 9.32 Å². The Morgan fingerprint density at radius 3 is 2.48 bits per heavy atom. The van der Waals surface area contributed by atoms with Gasteiger partial charge in [0, 0.05) is 30.4 Å². The van der Waals surface area contributed by atoms with E-state index in [-0.39, 0.29) is 5.91 Å². The fourth-order valence-corrected chi connectivity index (χ4v) is 3.95. The van der Waals surface area contributed by atoms with E-state index >= 15 is 0 Å². The molecular formula is C20H27N5O2. The number of likely N-dealkylation sites (tertiary alicyclic amines) is 1. The van der Waals surface area contributed by atoms with Crippen molar-refractivity contribution in [1.29, 1.82) is 0 Å². The molecule has 2 aliphatic rings. The number of carbonyl (C=O) groups excluding carboxylic acids is 1. The Kier molecular flexibility index (Phi) is 5.38. The number of aromatic nitrogens is 2. The van der Waals surface area contributed by atoms with E-state index in [1.165, 1.54) is 18.5 Å². The summed E-state index contributed by atoms with van der Waals surface area (Å²) in [6.45, 7) is 6.25. The van der Waals surface area contributed by atoms with Crippen molar-refractivity contribution in [2.45, 2.75) is 38.5 Å². The number of nitrogens with zero attached hydrogens (tertiary/aromatic N) is 4. The fraction of sp³-hybridized carbons (Fsp3) is 0.550. The summed E-state index contributed by atoms with van der Waals surface area (Å²) in [5.41, 5.74) is 2.10. The van der Waals surface area contributed by atoms with E-state index < -0.39 is 0 Å². The largest absolute Gasteiger partial charge is 0.372 e. The lowest BCUT2D eigenvalue weighted by Crippen LogP contribution is -2.38. The molecule has 1 N–H and O–H groups in total. The van der Waals surface area contributed by atoms with Crippen LogP contribution in [0.15, 0.2) is 28.8 Å². The first-order valence-corrected chi connectivity index (χ1v) is 9.85. The van der Waals surface area contributed by atoms with Gasteiger partial charge >= 0.3 is 0 Å². The number of rotatable bonds is 5. The molecule has 7 heteroatoms. The van der Waals surface area contributed by atoms with E-state index in [2.05, 4.69) is 37.4 Å². The summed E-state index contributed by atoms with van der Waals surface area (Å²) in [4.78, 5) is 21.3. The maximum Gasteiger partial charge on any atom is 0.238 e. The lowest BCUT2D eigenvalue weighted by molar-refractivity contribution is -0.117. The highest BCUT2D eigenvalue weighted by atomic mass is 16.5. The predicted octanol–water partition coefficient (Wildman–Crippen LogP) is 2.80. The second kappa shape index (κ2) is 8.08. The summed E-state index contributed by atoms with van der Waals surface area (Å²) in [5, 5.41) is 6.88. The molecule has 2 fully saturated rings. The van der Waals surface area contributed by atoms with E-state index in [0.717, 1.165) is 50.6 Å². The molecule has 0 unspecified atom stereocenters. The first-order valence-electron chi connectivity index (χ1n) is 9.85. The zero-order valence-corrected chi connectivity index (χ0v) is 15.9. The van der Waals surface area contributed by atoms with Gasteiger partial charge in [0.05, 0.1) is 6.54 Å². The van der Waals surface area contributed by atoms with Crippen molar-refractivity contribution in [3.8, 4) is 0 Å². The Bertz CT molecular complexity index is 759. The minimum absolute atomic E-state index is 0.0380. The number of anilines is 2. The molecule has 0 atom stereocenters. The zero-order chi connectivity index (χ0) is 18.6. The van der Waals surface area contributed by atoms with Crippen LogP contribution in [-0.4, -0.2) is 53.7 Å². The molecule has 144 valence electrons. The molecule has 3 heterocycles. The second-order valence-corrected chi connectivity index (χ2v) is 7.52. The summed E-state index contributed by atoms with van der Waals surface area (Å²) in [6.07, 6.45) is 4.42. The molecule has 0 bridgehead atoms. The molecule has 2 aromatic rings. The van der Waals surface area contributed by atoms with E-state index in [0.29, 0.717) is 18.3 Å². The standard InChI is InChI=1S/C20H27N5O2/c1-15-21-20(27-23-15)16-8-12-24(13-9-16)14-19(26)22-17-4-6-18(7-5-17)25-10-2-3-11-25/h4-7,16H,2-3,8-14H2,1H3,(H,22,26). The molecule has 7 nitrogen and oxygen atoms in total. The quantitative estimate of drug-likeness (QED) is 0.874. The maximum atomic E-state index is 12.4. The van der Waals surface area contributed by atoms with Crippen LogP contribution >= 0.6 is 0 Å². The molecule has 2 saturated heterocycles. The van der Waals surface area contributed by atoms with Gasteiger partial charge in [-0.2, -0.15) is 4.98 Å². The van der Waals surface area contributed by atoms with E-state index in [4.69, 9.17) is 4.52 Å². The Hall–Kier alpha value is -2.41. The Labute approximate surface area is 159 Å². The van der Waals surface area contributed by atoms with Gasteiger partial charge in [0.25, 0.3) is 0 Å². The normalized spacial score (nSPS) is 18.8. The number of hydrogen-bond donors (Lipinski definition) is 1. The molecule has 1 aromatic carbocycles. The summed E-state index contributed by atoms with van der Waals surface area (Å²) >= 11 is 0. The van der Waals surface area contributed by atoms with Crippen LogP contribution in [-0.2, 0) is 4.79 Å². The van der Waals surface area contributed by atoms with Crippen LogP contribution in [0.2, 0.25) is 0 Å². The minimum atomic E-state index is 0.0380. The molecular weight excluding hydrogens is 342 g/mol. The second-order valence-electron chi connectivity index (χ2n) is 7.52. The average Bonchev–Trinajstić information content (AvgIpc) is 3.35. The summed E-state index contributed by atoms with van der Waals surface area (Å²) in [6, 6.07) is 8.18. The molecule has 1 aromatic heterocycles. The van der Waals surface area contributed by atoms with E-state index in [9.17, 15) is 4.79 Å². The molecule has 0 spiro atoms. The first kappa shape index (κ1) is 18.0. The van der Waals surface area contributed by atoms with Crippen LogP contribution in [0.3, 0.4) is 0 Å². The monoisotopic (exact) mass is 369 g/mol. The van der Waals surface area contributed by atoms with Gasteiger partial charge in [-0.15, -0.1) is 0 Å². The number of piperidine rings is 1. The zero-order valence-electron chi connectivity index (χ0n) is 15.9. The molecule has 2 aliphatic heterocycles. The van der Waals surface area contributed by atoms with Gasteiger partial charge in [0.1, 0.15) is 0 Å². The number of benzene rings is 1. The van der Waals surface area contributed by atoms with Gasteiger partial charge in [-0.05, 0) is 70.0 Å². The summed E-state index contributed by atoms with van der Waals surface area (Å²) in [7, 11) is 0. The van der Waals surface area contributed by atoms with Crippen molar-refractivity contribution >= 4 is 17.3 Å². The van der Waals surface area contributed by atoms with E-state index in [1.54, 1.807) is 0 Å². The highest BCUT2D eigenvalue weighted by Crippen LogP contribution is 2.26. The van der Waals surface area contributed by atoms with Gasteiger partial charge in [-0.25, -0.2) is 0 Å². The van der Waals surface area contributed by atoms with Crippen molar-refractivity contribution in [1.82, 2.24) is 15.0 Å². The lowest BCUT2D eigenvalue weighted by Gasteiger charge is -2.29. The van der Waals surface area contributed by atoms with Gasteiger partial charge in [-0.1, -0.05) is 5.16 Å². The van der Waals surface area contributed by atoms with Gasteiger partial charge in [-0.3, -0.25) is 9.69 Å². The van der Waals surface area contributed by atoms with Crippen molar-refractivity contribution in [2.75, 3.05) is 42.9 Å². The minimum Gasteiger partial charge on any atom is -0.372 e. The van der Waals surface area contributed by atoms with E-state index in [1.807, 2.05) is 19.1 Å². The van der Waals surface area contributed by atoms with Crippen LogP contribution in [0.5, 0.6) is 0 Å². The van der Waals surface area contributed by atoms with Crippen LogP contribution in [0, 0.1) is 6.92 Å². The third kappa shape index (κ3) is 4.47. The highest BCUT2D eigenvalue weighted by Gasteiger charge is 2.25. The third-order valence-electron chi connectivity index (χ3n) is 5.47. The molecule has 0 aliphatic carbocycles. The number of hydrogen-bond acceptors (Lipinski definition) is 6. The third-order valence-corrected chi connectivity index (χ3v) is 5.47. The fourth-order valence-electron chi connectivity index (χ4n) is 3.95. The molecule has 0 radical (unpaired) electrons. The Morgan fingerprint density at radius 1 is 1.15 bits per heavy atom. The van der Waals surface area contributed by atoms with Gasteiger partial charge < -0.3 is 14.7 Å². The van der Waals surface area contributed by atoms with Gasteiger partial charge in [0.15, 0.2) is 5.82 Å². The summed E-state index contributed by atoms with van der Waals surface area (Å²) < 4.78 is 5.28. The lowest BCUT2D eigenvalue weighted by atomic mass is 9.97. The Balaban J connectivity index is 1.24. The molecule has 27 heavy (non-hydrogen) atoms.